The Kier molecular flexibility index (Phi) is 2.21. The maximum atomic E-state index is 9.56. The van der Waals surface area contributed by atoms with Gasteiger partial charge in [-0.05, 0) is 12.1 Å². The topological polar surface area (TPSA) is 64.7 Å². The van der Waals surface area contributed by atoms with Gasteiger partial charge in [0.25, 0.3) is 0 Å². The predicted molar refractivity (Wildman–Crippen MR) is 51.7 cm³/mol. The maximum absolute atomic E-state index is 9.56. The first kappa shape index (κ1) is 9.15. The van der Waals surface area contributed by atoms with E-state index in [-0.39, 0.29) is 11.8 Å². The van der Waals surface area contributed by atoms with E-state index in [0.29, 0.717) is 18.1 Å². The zero-order valence-corrected chi connectivity index (χ0v) is 7.99. The Morgan fingerprint density at radius 1 is 1.57 bits per heavy atom. The van der Waals surface area contributed by atoms with Crippen LogP contribution in [0.5, 0.6) is 17.2 Å². The highest BCUT2D eigenvalue weighted by Crippen LogP contribution is 2.43. The van der Waals surface area contributed by atoms with Crippen LogP contribution in [-0.2, 0) is 0 Å². The van der Waals surface area contributed by atoms with Gasteiger partial charge in [-0.1, -0.05) is 0 Å². The first-order valence-corrected chi connectivity index (χ1v) is 4.52. The number of hydrogen-bond donors (Lipinski definition) is 2. The summed E-state index contributed by atoms with van der Waals surface area (Å²) in [5.74, 6) is 1.25. The van der Waals surface area contributed by atoms with Gasteiger partial charge in [0.05, 0.1) is 19.3 Å². The van der Waals surface area contributed by atoms with Gasteiger partial charge in [-0.15, -0.1) is 0 Å². The van der Waals surface area contributed by atoms with Crippen molar-refractivity contribution in [1.82, 2.24) is 0 Å². The maximum Gasteiger partial charge on any atom is 0.169 e. The van der Waals surface area contributed by atoms with E-state index in [2.05, 4.69) is 0 Å². The van der Waals surface area contributed by atoms with Crippen molar-refractivity contribution in [3.05, 3.63) is 17.7 Å². The molecule has 4 nitrogen and oxygen atoms in total. The fraction of sp³-hybridized carbons (Fsp3) is 0.400. The second-order valence-corrected chi connectivity index (χ2v) is 3.27. The molecule has 0 spiro atoms. The van der Waals surface area contributed by atoms with Crippen LogP contribution in [0.1, 0.15) is 18.0 Å². The van der Waals surface area contributed by atoms with Crippen LogP contribution in [0.4, 0.5) is 0 Å². The standard InChI is InChI=1S/C10H13NO3/c1-13-8-3-2-7(12)10-9(8)6(11)4-5-14-10/h2-3,6,12H,4-5,11H2,1H3/t6-/m1/s1. The molecule has 0 amide bonds. The number of hydrogen-bond acceptors (Lipinski definition) is 4. The molecule has 1 aromatic rings. The van der Waals surface area contributed by atoms with Gasteiger partial charge >= 0.3 is 0 Å². The molecule has 0 fully saturated rings. The molecule has 76 valence electrons. The molecule has 0 bridgehead atoms. The summed E-state index contributed by atoms with van der Waals surface area (Å²) in [6.45, 7) is 0.537. The van der Waals surface area contributed by atoms with Crippen LogP contribution in [0, 0.1) is 0 Å². The Labute approximate surface area is 82.2 Å². The van der Waals surface area contributed by atoms with Crippen LogP contribution in [-0.4, -0.2) is 18.8 Å². The highest BCUT2D eigenvalue weighted by Gasteiger charge is 2.24. The molecule has 14 heavy (non-hydrogen) atoms. The van der Waals surface area contributed by atoms with E-state index in [0.717, 1.165) is 12.0 Å². The summed E-state index contributed by atoms with van der Waals surface area (Å²) >= 11 is 0. The molecular formula is C10H13NO3. The lowest BCUT2D eigenvalue weighted by Crippen LogP contribution is -2.21. The molecule has 4 heteroatoms. The fourth-order valence-corrected chi connectivity index (χ4v) is 1.68. The number of benzene rings is 1. The molecule has 0 saturated heterocycles. The van der Waals surface area contributed by atoms with Crippen LogP contribution in [0.25, 0.3) is 0 Å². The molecule has 0 radical (unpaired) electrons. The molecule has 0 aromatic heterocycles. The van der Waals surface area contributed by atoms with Gasteiger partial charge in [0.1, 0.15) is 5.75 Å². The summed E-state index contributed by atoms with van der Waals surface area (Å²) < 4.78 is 10.5. The lowest BCUT2D eigenvalue weighted by molar-refractivity contribution is 0.249. The number of fused-ring (bicyclic) bond motifs is 1. The molecule has 1 aliphatic rings. The van der Waals surface area contributed by atoms with Crippen molar-refractivity contribution in [1.29, 1.82) is 0 Å². The lowest BCUT2D eigenvalue weighted by atomic mass is 10.00. The van der Waals surface area contributed by atoms with Crippen LogP contribution in [0.15, 0.2) is 12.1 Å². The van der Waals surface area contributed by atoms with Crippen LogP contribution in [0.3, 0.4) is 0 Å². The van der Waals surface area contributed by atoms with E-state index < -0.39 is 0 Å². The van der Waals surface area contributed by atoms with E-state index in [4.69, 9.17) is 15.2 Å². The minimum Gasteiger partial charge on any atom is -0.504 e. The predicted octanol–water partition coefficient (Wildman–Crippen LogP) is 1.18. The van der Waals surface area contributed by atoms with Crippen molar-refractivity contribution in [2.45, 2.75) is 12.5 Å². The largest absolute Gasteiger partial charge is 0.504 e. The Balaban J connectivity index is 2.58. The molecule has 1 aliphatic heterocycles. The molecule has 3 N–H and O–H groups in total. The number of methoxy groups -OCH3 is 1. The zero-order chi connectivity index (χ0) is 10.1. The minimum absolute atomic E-state index is 0.121. The Hall–Kier alpha value is -1.42. The second-order valence-electron chi connectivity index (χ2n) is 3.27. The third-order valence-electron chi connectivity index (χ3n) is 2.40. The molecule has 0 aliphatic carbocycles. The van der Waals surface area contributed by atoms with E-state index in [1.165, 1.54) is 0 Å². The van der Waals surface area contributed by atoms with E-state index in [1.54, 1.807) is 19.2 Å². The third-order valence-corrected chi connectivity index (χ3v) is 2.40. The first-order valence-electron chi connectivity index (χ1n) is 4.52. The molecule has 1 heterocycles. The monoisotopic (exact) mass is 195 g/mol. The van der Waals surface area contributed by atoms with Crippen molar-refractivity contribution >= 4 is 0 Å². The van der Waals surface area contributed by atoms with Crippen molar-refractivity contribution in [2.75, 3.05) is 13.7 Å². The summed E-state index contributed by atoms with van der Waals surface area (Å²) in [5.41, 5.74) is 6.68. The molecule has 2 rings (SSSR count). The van der Waals surface area contributed by atoms with E-state index in [1.807, 2.05) is 0 Å². The van der Waals surface area contributed by atoms with Gasteiger partial charge in [-0.2, -0.15) is 0 Å². The highest BCUT2D eigenvalue weighted by atomic mass is 16.5. The number of phenolic OH excluding ortho intramolecular Hbond substituents is 1. The Morgan fingerprint density at radius 3 is 3.07 bits per heavy atom. The number of nitrogens with two attached hydrogens (primary N) is 1. The SMILES string of the molecule is COc1ccc(O)c2c1[C@H](N)CCO2. The normalized spacial score (nSPS) is 19.7. The quantitative estimate of drug-likeness (QED) is 0.706. The van der Waals surface area contributed by atoms with Crippen LogP contribution < -0.4 is 15.2 Å². The molecule has 1 atom stereocenters. The summed E-state index contributed by atoms with van der Waals surface area (Å²) in [5, 5.41) is 9.56. The van der Waals surface area contributed by atoms with E-state index in [9.17, 15) is 5.11 Å². The number of phenols is 1. The summed E-state index contributed by atoms with van der Waals surface area (Å²) in [6.07, 6.45) is 0.743. The molecule has 0 unspecified atom stereocenters. The highest BCUT2D eigenvalue weighted by molar-refractivity contribution is 5.55. The zero-order valence-electron chi connectivity index (χ0n) is 7.99. The van der Waals surface area contributed by atoms with Crippen molar-refractivity contribution in [3.63, 3.8) is 0 Å². The summed E-state index contributed by atoms with van der Waals surface area (Å²) in [4.78, 5) is 0. The Morgan fingerprint density at radius 2 is 2.36 bits per heavy atom. The lowest BCUT2D eigenvalue weighted by Gasteiger charge is -2.25. The molecule has 1 aromatic carbocycles. The number of rotatable bonds is 1. The molecule has 0 saturated carbocycles. The summed E-state index contributed by atoms with van der Waals surface area (Å²) in [6, 6.07) is 3.12. The summed E-state index contributed by atoms with van der Waals surface area (Å²) in [7, 11) is 1.58. The fourth-order valence-electron chi connectivity index (χ4n) is 1.68. The minimum atomic E-state index is -0.124. The van der Waals surface area contributed by atoms with Gasteiger partial charge < -0.3 is 20.3 Å². The van der Waals surface area contributed by atoms with E-state index >= 15 is 0 Å². The van der Waals surface area contributed by atoms with Crippen LogP contribution >= 0.6 is 0 Å². The first-order chi connectivity index (χ1) is 6.74. The van der Waals surface area contributed by atoms with Crippen molar-refractivity contribution < 1.29 is 14.6 Å². The Bertz CT molecular complexity index is 351. The average Bonchev–Trinajstić information content (AvgIpc) is 2.20. The van der Waals surface area contributed by atoms with Gasteiger partial charge in [0, 0.05) is 12.5 Å². The average molecular weight is 195 g/mol. The van der Waals surface area contributed by atoms with Gasteiger partial charge in [-0.25, -0.2) is 0 Å². The molecular weight excluding hydrogens is 182 g/mol. The third kappa shape index (κ3) is 1.28. The van der Waals surface area contributed by atoms with Gasteiger partial charge in [0.15, 0.2) is 11.5 Å². The van der Waals surface area contributed by atoms with Crippen molar-refractivity contribution in [2.24, 2.45) is 5.73 Å². The van der Waals surface area contributed by atoms with Crippen LogP contribution in [0.2, 0.25) is 0 Å². The van der Waals surface area contributed by atoms with Gasteiger partial charge in [-0.3, -0.25) is 0 Å². The smallest absolute Gasteiger partial charge is 0.169 e. The second kappa shape index (κ2) is 3.38. The van der Waals surface area contributed by atoms with Crippen molar-refractivity contribution in [3.8, 4) is 17.2 Å². The number of ether oxygens (including phenoxy) is 2. The van der Waals surface area contributed by atoms with Gasteiger partial charge in [0.2, 0.25) is 0 Å². The number of aromatic hydroxyl groups is 1.